The number of carbonyl (C=O) groups is 1. The van der Waals surface area contributed by atoms with Crippen LogP contribution in [-0.2, 0) is 6.61 Å². The highest BCUT2D eigenvalue weighted by atomic mass is 32.1. The fourth-order valence-electron chi connectivity index (χ4n) is 3.13. The molecule has 0 atom stereocenters. The van der Waals surface area contributed by atoms with Crippen LogP contribution in [0.4, 0.5) is 24.5 Å². The standard InChI is InChI=1S/C23H18F3N3O3S/c1-27-22(30)19-12-14(8-10-28-19)13-31-20-7-6-18(17-9-11-33-21(17)20)29-15-2-4-16(5-3-15)32-23(24,25)26/h2-12,29H,13H2,1H3,(H,27,30). The van der Waals surface area contributed by atoms with Gasteiger partial charge in [-0.3, -0.25) is 9.78 Å². The highest BCUT2D eigenvalue weighted by molar-refractivity contribution is 7.17. The van der Waals surface area contributed by atoms with E-state index in [0.717, 1.165) is 21.3 Å². The van der Waals surface area contributed by atoms with E-state index in [2.05, 4.69) is 20.4 Å². The van der Waals surface area contributed by atoms with Crippen LogP contribution in [-0.4, -0.2) is 24.3 Å². The van der Waals surface area contributed by atoms with Gasteiger partial charge in [-0.05, 0) is 65.5 Å². The fourth-order valence-corrected chi connectivity index (χ4v) is 4.02. The maximum Gasteiger partial charge on any atom is 0.573 e. The van der Waals surface area contributed by atoms with Crippen LogP contribution in [0.2, 0.25) is 0 Å². The first kappa shape index (κ1) is 22.4. The fraction of sp³-hybridized carbons (Fsp3) is 0.130. The molecule has 0 radical (unpaired) electrons. The van der Waals surface area contributed by atoms with Crippen molar-refractivity contribution < 1.29 is 27.4 Å². The first-order valence-corrected chi connectivity index (χ1v) is 10.6. The molecule has 0 aliphatic heterocycles. The van der Waals surface area contributed by atoms with Crippen molar-refractivity contribution in [3.8, 4) is 11.5 Å². The summed E-state index contributed by atoms with van der Waals surface area (Å²) in [6, 6.07) is 14.6. The van der Waals surface area contributed by atoms with Gasteiger partial charge in [-0.2, -0.15) is 0 Å². The quantitative estimate of drug-likeness (QED) is 0.351. The number of fused-ring (bicyclic) bond motifs is 1. The van der Waals surface area contributed by atoms with Gasteiger partial charge in [0, 0.05) is 30.0 Å². The number of anilines is 2. The number of nitrogens with one attached hydrogen (secondary N) is 2. The van der Waals surface area contributed by atoms with E-state index >= 15 is 0 Å². The Morgan fingerprint density at radius 1 is 1.09 bits per heavy atom. The van der Waals surface area contributed by atoms with E-state index in [1.807, 2.05) is 23.6 Å². The molecule has 0 unspecified atom stereocenters. The monoisotopic (exact) mass is 473 g/mol. The van der Waals surface area contributed by atoms with Crippen LogP contribution in [0.3, 0.4) is 0 Å². The maximum absolute atomic E-state index is 12.3. The molecule has 10 heteroatoms. The molecule has 6 nitrogen and oxygen atoms in total. The van der Waals surface area contributed by atoms with Crippen LogP contribution in [0, 0.1) is 0 Å². The molecular formula is C23H18F3N3O3S. The van der Waals surface area contributed by atoms with Crippen LogP contribution >= 0.6 is 11.3 Å². The number of halogens is 3. The Balaban J connectivity index is 1.49. The Morgan fingerprint density at radius 3 is 2.61 bits per heavy atom. The summed E-state index contributed by atoms with van der Waals surface area (Å²) in [6.07, 6.45) is -3.17. The van der Waals surface area contributed by atoms with Crippen LogP contribution < -0.4 is 20.1 Å². The summed E-state index contributed by atoms with van der Waals surface area (Å²) in [6.45, 7) is 0.257. The molecule has 2 heterocycles. The van der Waals surface area contributed by atoms with Gasteiger partial charge >= 0.3 is 6.36 Å². The van der Waals surface area contributed by atoms with Crippen molar-refractivity contribution in [2.24, 2.45) is 0 Å². The van der Waals surface area contributed by atoms with Crippen molar-refractivity contribution in [1.82, 2.24) is 10.3 Å². The molecule has 4 rings (SSSR count). The molecule has 1 amide bonds. The van der Waals surface area contributed by atoms with E-state index in [-0.39, 0.29) is 18.3 Å². The topological polar surface area (TPSA) is 72.5 Å². The van der Waals surface area contributed by atoms with Gasteiger partial charge in [0.15, 0.2) is 0 Å². The first-order valence-electron chi connectivity index (χ1n) is 9.75. The third-order valence-corrected chi connectivity index (χ3v) is 5.55. The van der Waals surface area contributed by atoms with Crippen molar-refractivity contribution in [2.75, 3.05) is 12.4 Å². The minimum absolute atomic E-state index is 0.257. The molecule has 0 bridgehead atoms. The van der Waals surface area contributed by atoms with Crippen LogP contribution in [0.25, 0.3) is 10.1 Å². The normalized spacial score (nSPS) is 11.3. The minimum atomic E-state index is -4.73. The third-order valence-electron chi connectivity index (χ3n) is 4.63. The van der Waals surface area contributed by atoms with Crippen molar-refractivity contribution in [3.05, 3.63) is 77.4 Å². The zero-order chi connectivity index (χ0) is 23.4. The predicted octanol–water partition coefficient (Wildman–Crippen LogP) is 5.88. The SMILES string of the molecule is CNC(=O)c1cc(COc2ccc(Nc3ccc(OC(F)(F)F)cc3)c3ccsc23)ccn1. The minimum Gasteiger partial charge on any atom is -0.487 e. The molecule has 33 heavy (non-hydrogen) atoms. The number of rotatable bonds is 7. The summed E-state index contributed by atoms with van der Waals surface area (Å²) >= 11 is 1.51. The molecule has 0 aliphatic rings. The summed E-state index contributed by atoms with van der Waals surface area (Å²) in [5, 5.41) is 8.59. The van der Waals surface area contributed by atoms with Gasteiger partial charge < -0.3 is 20.1 Å². The zero-order valence-electron chi connectivity index (χ0n) is 17.3. The van der Waals surface area contributed by atoms with E-state index in [4.69, 9.17) is 4.74 Å². The van der Waals surface area contributed by atoms with Gasteiger partial charge in [0.1, 0.15) is 23.8 Å². The second kappa shape index (κ2) is 9.37. The maximum atomic E-state index is 12.3. The van der Waals surface area contributed by atoms with E-state index in [1.165, 1.54) is 35.6 Å². The number of thiophene rings is 1. The van der Waals surface area contributed by atoms with Gasteiger partial charge in [0.2, 0.25) is 0 Å². The Labute approximate surface area is 191 Å². The molecule has 0 spiro atoms. The predicted molar refractivity (Wildman–Crippen MR) is 120 cm³/mol. The Hall–Kier alpha value is -3.79. The average molecular weight is 473 g/mol. The van der Waals surface area contributed by atoms with Crippen molar-refractivity contribution in [2.45, 2.75) is 13.0 Å². The summed E-state index contributed by atoms with van der Waals surface area (Å²) in [5.41, 5.74) is 2.51. The number of aromatic nitrogens is 1. The van der Waals surface area contributed by atoms with Gasteiger partial charge in [-0.25, -0.2) is 0 Å². The number of hydrogen-bond acceptors (Lipinski definition) is 6. The number of nitrogens with zero attached hydrogens (tertiary/aromatic N) is 1. The molecule has 2 aromatic heterocycles. The largest absolute Gasteiger partial charge is 0.573 e. The highest BCUT2D eigenvalue weighted by Crippen LogP contribution is 2.37. The Morgan fingerprint density at radius 2 is 1.88 bits per heavy atom. The van der Waals surface area contributed by atoms with Crippen molar-refractivity contribution in [3.63, 3.8) is 0 Å². The molecule has 2 aromatic carbocycles. The van der Waals surface area contributed by atoms with Gasteiger partial charge in [0.25, 0.3) is 5.91 Å². The molecule has 2 N–H and O–H groups in total. The van der Waals surface area contributed by atoms with Gasteiger partial charge in [0.05, 0.1) is 4.70 Å². The average Bonchev–Trinajstić information content (AvgIpc) is 3.29. The first-order chi connectivity index (χ1) is 15.8. The lowest BCUT2D eigenvalue weighted by molar-refractivity contribution is -0.274. The van der Waals surface area contributed by atoms with Crippen LogP contribution in [0.5, 0.6) is 11.5 Å². The van der Waals surface area contributed by atoms with E-state index in [0.29, 0.717) is 17.1 Å². The number of hydrogen-bond donors (Lipinski definition) is 2. The number of carbonyl (C=O) groups excluding carboxylic acids is 1. The lowest BCUT2D eigenvalue weighted by Crippen LogP contribution is -2.19. The van der Waals surface area contributed by atoms with Gasteiger partial charge in [-0.15, -0.1) is 24.5 Å². The second-order valence-corrected chi connectivity index (χ2v) is 7.81. The number of ether oxygens (including phenoxy) is 2. The Kier molecular flexibility index (Phi) is 6.36. The summed E-state index contributed by atoms with van der Waals surface area (Å²) in [4.78, 5) is 15.8. The summed E-state index contributed by atoms with van der Waals surface area (Å²) < 4.78 is 47.8. The zero-order valence-corrected chi connectivity index (χ0v) is 18.1. The molecule has 0 saturated carbocycles. The molecule has 0 fully saturated rings. The molecule has 0 saturated heterocycles. The van der Waals surface area contributed by atoms with E-state index in [9.17, 15) is 18.0 Å². The number of alkyl halides is 3. The van der Waals surface area contributed by atoms with E-state index < -0.39 is 6.36 Å². The van der Waals surface area contributed by atoms with E-state index in [1.54, 1.807) is 25.4 Å². The molecule has 0 aliphatic carbocycles. The van der Waals surface area contributed by atoms with Gasteiger partial charge in [-0.1, -0.05) is 0 Å². The number of benzene rings is 2. The second-order valence-electron chi connectivity index (χ2n) is 6.89. The van der Waals surface area contributed by atoms with Crippen LogP contribution in [0.1, 0.15) is 16.1 Å². The Bertz CT molecular complexity index is 1270. The lowest BCUT2D eigenvalue weighted by atomic mass is 10.2. The number of amides is 1. The number of pyridine rings is 1. The summed E-state index contributed by atoms with van der Waals surface area (Å²) in [7, 11) is 1.54. The lowest BCUT2D eigenvalue weighted by Gasteiger charge is -2.13. The third kappa shape index (κ3) is 5.53. The van der Waals surface area contributed by atoms with Crippen molar-refractivity contribution in [1.29, 1.82) is 0 Å². The molecule has 4 aromatic rings. The van der Waals surface area contributed by atoms with Crippen LogP contribution in [0.15, 0.2) is 66.2 Å². The highest BCUT2D eigenvalue weighted by Gasteiger charge is 2.30. The smallest absolute Gasteiger partial charge is 0.487 e. The summed E-state index contributed by atoms with van der Waals surface area (Å²) in [5.74, 6) is 0.122. The molecule has 170 valence electrons. The molecular weight excluding hydrogens is 455 g/mol. The van der Waals surface area contributed by atoms with Crippen molar-refractivity contribution >= 4 is 38.7 Å².